The monoisotopic (exact) mass is 417 g/mol. The number of nitrogens with zero attached hydrogens (tertiary/aromatic N) is 1. The van der Waals surface area contributed by atoms with Crippen molar-refractivity contribution in [1.82, 2.24) is 4.57 Å². The van der Waals surface area contributed by atoms with Crippen LogP contribution in [-0.2, 0) is 7.05 Å². The van der Waals surface area contributed by atoms with Gasteiger partial charge in [0.05, 0.1) is 5.69 Å². The van der Waals surface area contributed by atoms with Crippen molar-refractivity contribution in [2.24, 2.45) is 30.2 Å². The fourth-order valence-corrected chi connectivity index (χ4v) is 9.25. The van der Waals surface area contributed by atoms with Crippen LogP contribution in [0.5, 0.6) is 0 Å². The first-order valence-corrected chi connectivity index (χ1v) is 12.8. The van der Waals surface area contributed by atoms with Crippen LogP contribution in [0.3, 0.4) is 0 Å². The highest BCUT2D eigenvalue weighted by Gasteiger charge is 2.54. The van der Waals surface area contributed by atoms with Crippen molar-refractivity contribution in [2.75, 3.05) is 0 Å². The molecule has 0 spiro atoms. The molecule has 3 aromatic rings. The zero-order valence-electron chi connectivity index (χ0n) is 19.0. The van der Waals surface area contributed by atoms with Gasteiger partial charge in [0.2, 0.25) is 0 Å². The van der Waals surface area contributed by atoms with Gasteiger partial charge in [0, 0.05) is 29.4 Å². The number of rotatable bonds is 2. The third-order valence-corrected chi connectivity index (χ3v) is 9.85. The molecule has 1 aromatic heterocycles. The molecule has 32 heavy (non-hydrogen) atoms. The Morgan fingerprint density at radius 1 is 0.812 bits per heavy atom. The Hall–Kier alpha value is -2.54. The van der Waals surface area contributed by atoms with Gasteiger partial charge in [-0.1, -0.05) is 54.6 Å². The minimum atomic E-state index is 0.397. The average Bonchev–Trinajstić information content (AvgIpc) is 3.47. The van der Waals surface area contributed by atoms with E-state index in [1.165, 1.54) is 66.2 Å². The van der Waals surface area contributed by atoms with Gasteiger partial charge in [-0.15, -0.1) is 0 Å². The lowest BCUT2D eigenvalue weighted by Crippen LogP contribution is -2.47. The zero-order chi connectivity index (χ0) is 21.0. The normalized spacial score (nSPS) is 34.0. The summed E-state index contributed by atoms with van der Waals surface area (Å²) >= 11 is 0. The first-order chi connectivity index (χ1) is 15.7. The van der Waals surface area contributed by atoms with Crippen molar-refractivity contribution >= 4 is 10.9 Å². The van der Waals surface area contributed by atoms with Crippen LogP contribution < -0.4 is 0 Å². The molecule has 4 fully saturated rings. The second-order valence-corrected chi connectivity index (χ2v) is 11.6. The molecule has 1 atom stereocenters. The third kappa shape index (κ3) is 2.15. The second kappa shape index (κ2) is 6.07. The van der Waals surface area contributed by atoms with Gasteiger partial charge in [-0.3, -0.25) is 0 Å². The van der Waals surface area contributed by atoms with E-state index in [-0.39, 0.29) is 0 Å². The maximum absolute atomic E-state index is 2.65. The van der Waals surface area contributed by atoms with Crippen LogP contribution >= 0.6 is 0 Å². The van der Waals surface area contributed by atoms with Crippen molar-refractivity contribution in [3.05, 3.63) is 83.0 Å². The molecule has 1 heteroatoms. The molecule has 1 nitrogen and oxygen atoms in total. The van der Waals surface area contributed by atoms with E-state index in [9.17, 15) is 0 Å². The van der Waals surface area contributed by atoms with E-state index in [1.807, 2.05) is 0 Å². The average molecular weight is 418 g/mol. The van der Waals surface area contributed by atoms with E-state index in [2.05, 4.69) is 72.3 Å². The number of fused-ring (bicyclic) bond motifs is 5. The number of aryl methyl sites for hydroxylation is 1. The SMILES string of the molecule is Cn1c2c(c3ccccc31)C(C1=CCC=C1C13CC4CC(CC(C4)C1)C3)c1ccccc1-2. The van der Waals surface area contributed by atoms with Crippen LogP contribution in [0, 0.1) is 23.2 Å². The molecule has 0 N–H and O–H groups in total. The summed E-state index contributed by atoms with van der Waals surface area (Å²) < 4.78 is 2.45. The van der Waals surface area contributed by atoms with Crippen LogP contribution in [0.2, 0.25) is 0 Å². The van der Waals surface area contributed by atoms with Crippen LogP contribution in [0.15, 0.2) is 71.8 Å². The molecule has 1 heterocycles. The van der Waals surface area contributed by atoms with E-state index in [1.54, 1.807) is 16.7 Å². The molecule has 4 bridgehead atoms. The summed E-state index contributed by atoms with van der Waals surface area (Å²) in [6.45, 7) is 0. The number of hydrogen-bond donors (Lipinski definition) is 0. The van der Waals surface area contributed by atoms with E-state index < -0.39 is 0 Å². The summed E-state index contributed by atoms with van der Waals surface area (Å²) in [4.78, 5) is 0. The Morgan fingerprint density at radius 2 is 1.50 bits per heavy atom. The second-order valence-electron chi connectivity index (χ2n) is 11.6. The van der Waals surface area contributed by atoms with Gasteiger partial charge in [0.25, 0.3) is 0 Å². The molecule has 6 aliphatic carbocycles. The van der Waals surface area contributed by atoms with E-state index in [0.29, 0.717) is 11.3 Å². The van der Waals surface area contributed by atoms with Crippen molar-refractivity contribution in [3.8, 4) is 11.3 Å². The van der Waals surface area contributed by atoms with Gasteiger partial charge >= 0.3 is 0 Å². The summed E-state index contributed by atoms with van der Waals surface area (Å²) in [7, 11) is 2.26. The van der Waals surface area contributed by atoms with Crippen LogP contribution in [0.25, 0.3) is 22.2 Å². The molecule has 0 aliphatic heterocycles. The van der Waals surface area contributed by atoms with Gasteiger partial charge in [-0.2, -0.15) is 0 Å². The third-order valence-electron chi connectivity index (χ3n) is 9.85. The molecule has 6 aliphatic rings. The highest BCUT2D eigenvalue weighted by Crippen LogP contribution is 2.66. The van der Waals surface area contributed by atoms with Gasteiger partial charge in [-0.25, -0.2) is 0 Å². The standard InChI is InChI=1S/C31H31N/c1-32-27-12-5-4-9-25(27)29-28(22-7-2-3-8-23(22)30(29)32)24-10-6-11-26(24)31-16-19-13-20(17-31)15-21(14-19)18-31/h2-5,7-12,19-21,28H,6,13-18H2,1H3. The number of para-hydroxylation sites is 1. The number of allylic oxidation sites excluding steroid dienone is 4. The van der Waals surface area contributed by atoms with Gasteiger partial charge < -0.3 is 4.57 Å². The molecule has 0 amide bonds. The maximum Gasteiger partial charge on any atom is 0.0534 e. The van der Waals surface area contributed by atoms with Gasteiger partial charge in [-0.05, 0) is 96.5 Å². The Morgan fingerprint density at radius 3 is 2.28 bits per heavy atom. The lowest BCUT2D eigenvalue weighted by molar-refractivity contribution is -0.0293. The van der Waals surface area contributed by atoms with Crippen molar-refractivity contribution in [1.29, 1.82) is 0 Å². The molecular weight excluding hydrogens is 386 g/mol. The molecule has 9 rings (SSSR count). The van der Waals surface area contributed by atoms with Crippen LogP contribution in [0.4, 0.5) is 0 Å². The lowest BCUT2D eigenvalue weighted by Gasteiger charge is -2.58. The summed E-state index contributed by atoms with van der Waals surface area (Å²) in [5, 5.41) is 1.45. The van der Waals surface area contributed by atoms with Crippen molar-refractivity contribution in [3.63, 3.8) is 0 Å². The summed E-state index contributed by atoms with van der Waals surface area (Å²) in [6, 6.07) is 18.3. The minimum Gasteiger partial charge on any atom is -0.343 e. The summed E-state index contributed by atoms with van der Waals surface area (Å²) in [6.07, 6.45) is 15.3. The fraction of sp³-hybridized carbons (Fsp3) is 0.419. The minimum absolute atomic E-state index is 0.397. The van der Waals surface area contributed by atoms with E-state index in [4.69, 9.17) is 0 Å². The Balaban J connectivity index is 1.33. The largest absolute Gasteiger partial charge is 0.343 e. The quantitative estimate of drug-likeness (QED) is 0.401. The molecule has 1 unspecified atom stereocenters. The first-order valence-electron chi connectivity index (χ1n) is 12.8. The van der Waals surface area contributed by atoms with E-state index >= 15 is 0 Å². The van der Waals surface area contributed by atoms with Crippen LogP contribution in [0.1, 0.15) is 62.0 Å². The number of benzene rings is 2. The van der Waals surface area contributed by atoms with Gasteiger partial charge in [0.1, 0.15) is 0 Å². The number of aromatic nitrogens is 1. The Labute approximate surface area is 190 Å². The lowest BCUT2D eigenvalue weighted by atomic mass is 9.47. The van der Waals surface area contributed by atoms with Crippen molar-refractivity contribution in [2.45, 2.75) is 50.9 Å². The summed E-state index contributed by atoms with van der Waals surface area (Å²) in [5.74, 6) is 3.38. The Kier molecular flexibility index (Phi) is 3.40. The predicted octanol–water partition coefficient (Wildman–Crippen LogP) is 7.76. The highest BCUT2D eigenvalue weighted by atomic mass is 15.0. The molecule has 2 aromatic carbocycles. The molecule has 0 radical (unpaired) electrons. The topological polar surface area (TPSA) is 4.93 Å². The molecule has 0 saturated heterocycles. The highest BCUT2D eigenvalue weighted by molar-refractivity contribution is 5.97. The van der Waals surface area contributed by atoms with Crippen LogP contribution in [-0.4, -0.2) is 4.57 Å². The molecule has 160 valence electrons. The van der Waals surface area contributed by atoms with Crippen molar-refractivity contribution < 1.29 is 0 Å². The predicted molar refractivity (Wildman–Crippen MR) is 132 cm³/mol. The molecular formula is C31H31N. The Bertz CT molecular complexity index is 1310. The zero-order valence-corrected chi connectivity index (χ0v) is 19.0. The van der Waals surface area contributed by atoms with E-state index in [0.717, 1.165) is 24.2 Å². The molecule has 4 saturated carbocycles. The van der Waals surface area contributed by atoms with Gasteiger partial charge in [0.15, 0.2) is 0 Å². The summed E-state index contributed by atoms with van der Waals surface area (Å²) in [5.41, 5.74) is 11.3. The fourth-order valence-electron chi connectivity index (χ4n) is 9.25. The smallest absolute Gasteiger partial charge is 0.0534 e. The first kappa shape index (κ1) is 18.0. The maximum atomic E-state index is 2.65. The number of hydrogen-bond acceptors (Lipinski definition) is 0.